The second-order valence-corrected chi connectivity index (χ2v) is 6.05. The first-order valence-corrected chi connectivity index (χ1v) is 7.55. The summed E-state index contributed by atoms with van der Waals surface area (Å²) in [4.78, 5) is 12.3. The first kappa shape index (κ1) is 17.9. The molecule has 0 spiro atoms. The topological polar surface area (TPSA) is 17.1 Å². The number of hydrogen-bond donors (Lipinski definition) is 0. The minimum atomic E-state index is 0. The van der Waals surface area contributed by atoms with Crippen LogP contribution in [0.5, 0.6) is 0 Å². The van der Waals surface area contributed by atoms with Gasteiger partial charge in [-0.15, -0.1) is 0 Å². The fourth-order valence-electron chi connectivity index (χ4n) is 2.02. The van der Waals surface area contributed by atoms with Gasteiger partial charge in [-0.25, -0.2) is 0 Å². The Morgan fingerprint density at radius 3 is 2.11 bits per heavy atom. The fraction of sp³-hybridized carbons (Fsp3) is 0.533. The van der Waals surface area contributed by atoms with E-state index in [4.69, 9.17) is 0 Å². The zero-order chi connectivity index (χ0) is 13.0. The number of rotatable bonds is 5. The van der Waals surface area contributed by atoms with Crippen molar-refractivity contribution in [3.05, 3.63) is 33.9 Å². The molecule has 1 aromatic rings. The van der Waals surface area contributed by atoms with Gasteiger partial charge in [-0.1, -0.05) is 19.4 Å². The summed E-state index contributed by atoms with van der Waals surface area (Å²) in [5, 5.41) is 0. The van der Waals surface area contributed by atoms with Gasteiger partial charge in [0.2, 0.25) is 0 Å². The zero-order valence-corrected chi connectivity index (χ0v) is 13.6. The van der Waals surface area contributed by atoms with Crippen LogP contribution >= 0.6 is 8.58 Å². The third-order valence-corrected chi connectivity index (χ3v) is 4.58. The maximum absolute atomic E-state index is 12.3. The van der Waals surface area contributed by atoms with Gasteiger partial charge in [0.25, 0.3) is 0 Å². The van der Waals surface area contributed by atoms with Crippen molar-refractivity contribution >= 4 is 14.1 Å². The minimum absolute atomic E-state index is 0. The molecule has 0 N–H and O–H groups in total. The predicted octanol–water partition coefficient (Wildman–Crippen LogP) is 1.66. The van der Waals surface area contributed by atoms with Crippen molar-refractivity contribution < 1.29 is 25.1 Å². The van der Waals surface area contributed by atoms with Crippen LogP contribution in [0.15, 0.2) is 6.07 Å². The van der Waals surface area contributed by atoms with Crippen molar-refractivity contribution in [2.45, 2.75) is 47.5 Å². The second-order valence-electron chi connectivity index (χ2n) is 4.74. The van der Waals surface area contributed by atoms with Crippen LogP contribution in [-0.2, 0) is 0 Å². The zero-order valence-electron chi connectivity index (χ0n) is 13.6. The Bertz CT molecular complexity index is 406. The Balaban J connectivity index is 0. The summed E-state index contributed by atoms with van der Waals surface area (Å²) in [6.45, 7) is 10.5. The number of carbonyl (C=O) groups is 1. The van der Waals surface area contributed by atoms with Crippen LogP contribution < -0.4 is 18.9 Å². The first-order valence-electron chi connectivity index (χ1n) is 6.34. The van der Waals surface area contributed by atoms with Crippen LogP contribution in [-0.4, -0.2) is 11.7 Å². The minimum Gasteiger partial charge on any atom is -1.00 e. The van der Waals surface area contributed by atoms with Gasteiger partial charge in [-0.2, -0.15) is 0 Å². The second kappa shape index (κ2) is 8.16. The standard InChI is InChI=1S/C15H23OP.Li.H/c1-6-7-8-17-15(16)14-12(4)10(2)9-11(3)13(14)5;;/h9,17H,6-8H2,1-5H3;;/q;+1;-1. The summed E-state index contributed by atoms with van der Waals surface area (Å²) in [7, 11) is 0.437. The van der Waals surface area contributed by atoms with E-state index in [1.807, 2.05) is 0 Å². The summed E-state index contributed by atoms with van der Waals surface area (Å²) >= 11 is 0. The van der Waals surface area contributed by atoms with Crippen LogP contribution in [0.2, 0.25) is 0 Å². The summed E-state index contributed by atoms with van der Waals surface area (Å²) in [5.74, 6) is 0. The quantitative estimate of drug-likeness (QED) is 0.446. The van der Waals surface area contributed by atoms with Crippen LogP contribution in [0.1, 0.15) is 53.8 Å². The normalized spacial score (nSPS) is 10.7. The average molecular weight is 258 g/mol. The van der Waals surface area contributed by atoms with Crippen LogP contribution in [0.3, 0.4) is 0 Å². The molecule has 1 rings (SSSR count). The van der Waals surface area contributed by atoms with Crippen LogP contribution in [0, 0.1) is 27.7 Å². The molecule has 1 nitrogen and oxygen atoms in total. The molecule has 0 amide bonds. The van der Waals surface area contributed by atoms with Gasteiger partial charge in [0.15, 0.2) is 5.52 Å². The SMILES string of the molecule is CCCCPC(=O)c1c(C)c(C)cc(C)c1C.[H-].[Li+]. The number of benzene rings is 1. The van der Waals surface area contributed by atoms with Gasteiger partial charge in [-0.3, -0.25) is 4.79 Å². The molecule has 96 valence electrons. The average Bonchev–Trinajstić information content (AvgIpc) is 2.27. The summed E-state index contributed by atoms with van der Waals surface area (Å²) in [6, 6.07) is 2.18. The third-order valence-electron chi connectivity index (χ3n) is 3.41. The van der Waals surface area contributed by atoms with E-state index in [0.717, 1.165) is 18.1 Å². The molecule has 1 atom stereocenters. The predicted molar refractivity (Wildman–Crippen MR) is 78.9 cm³/mol. The molecule has 0 heterocycles. The summed E-state index contributed by atoms with van der Waals surface area (Å²) in [6.07, 6.45) is 3.37. The fourth-order valence-corrected chi connectivity index (χ4v) is 3.33. The molecular formula is C15H24LiOP. The molecule has 0 aromatic heterocycles. The molecule has 3 heteroatoms. The molecule has 0 radical (unpaired) electrons. The maximum atomic E-state index is 12.3. The number of aryl methyl sites for hydroxylation is 2. The van der Waals surface area contributed by atoms with Gasteiger partial charge in [0, 0.05) is 5.56 Å². The van der Waals surface area contributed by atoms with E-state index < -0.39 is 0 Å². The molecule has 18 heavy (non-hydrogen) atoms. The van der Waals surface area contributed by atoms with Gasteiger partial charge in [0.05, 0.1) is 0 Å². The molecule has 0 aliphatic heterocycles. The first-order chi connectivity index (χ1) is 7.99. The summed E-state index contributed by atoms with van der Waals surface area (Å²) < 4.78 is 0. The van der Waals surface area contributed by atoms with E-state index in [-0.39, 0.29) is 20.3 Å². The van der Waals surface area contributed by atoms with E-state index in [1.54, 1.807) is 0 Å². The number of unbranched alkanes of at least 4 members (excludes halogenated alkanes) is 1. The molecular weight excluding hydrogens is 234 g/mol. The molecule has 0 aliphatic carbocycles. The Morgan fingerprint density at radius 2 is 1.67 bits per heavy atom. The van der Waals surface area contributed by atoms with E-state index in [2.05, 4.69) is 40.7 Å². The molecule has 0 bridgehead atoms. The maximum Gasteiger partial charge on any atom is 1.00 e. The van der Waals surface area contributed by atoms with Gasteiger partial charge < -0.3 is 1.43 Å². The van der Waals surface area contributed by atoms with Crippen LogP contribution in [0.4, 0.5) is 0 Å². The number of carbonyl (C=O) groups excluding carboxylic acids is 1. The molecule has 0 saturated heterocycles. The van der Waals surface area contributed by atoms with Gasteiger partial charge >= 0.3 is 18.9 Å². The van der Waals surface area contributed by atoms with Crippen molar-refractivity contribution in [2.75, 3.05) is 6.16 Å². The van der Waals surface area contributed by atoms with Crippen molar-refractivity contribution in [3.8, 4) is 0 Å². The molecule has 0 aliphatic rings. The Morgan fingerprint density at radius 1 is 1.17 bits per heavy atom. The molecule has 1 aromatic carbocycles. The third kappa shape index (κ3) is 4.24. The Labute approximate surface area is 127 Å². The van der Waals surface area contributed by atoms with E-state index in [0.29, 0.717) is 14.1 Å². The van der Waals surface area contributed by atoms with Crippen molar-refractivity contribution in [3.63, 3.8) is 0 Å². The summed E-state index contributed by atoms with van der Waals surface area (Å²) in [5.41, 5.74) is 6.13. The van der Waals surface area contributed by atoms with Crippen molar-refractivity contribution in [1.82, 2.24) is 0 Å². The molecule has 0 fully saturated rings. The van der Waals surface area contributed by atoms with Crippen molar-refractivity contribution in [2.24, 2.45) is 0 Å². The van der Waals surface area contributed by atoms with Crippen LogP contribution in [0.25, 0.3) is 0 Å². The van der Waals surface area contributed by atoms with E-state index in [9.17, 15) is 4.79 Å². The number of hydrogen-bond acceptors (Lipinski definition) is 1. The van der Waals surface area contributed by atoms with Gasteiger partial charge in [-0.05, 0) is 71.1 Å². The van der Waals surface area contributed by atoms with Crippen molar-refractivity contribution in [1.29, 1.82) is 0 Å². The largest absolute Gasteiger partial charge is 1.00 e. The molecule has 0 saturated carbocycles. The van der Waals surface area contributed by atoms with E-state index in [1.165, 1.54) is 28.7 Å². The monoisotopic (exact) mass is 258 g/mol. The Hall–Kier alpha value is -0.0826. The molecule has 1 unspecified atom stereocenters. The smallest absolute Gasteiger partial charge is 1.00 e. The Kier molecular flexibility index (Phi) is 8.12. The van der Waals surface area contributed by atoms with E-state index >= 15 is 0 Å². The van der Waals surface area contributed by atoms with Gasteiger partial charge in [0.1, 0.15) is 0 Å².